The lowest BCUT2D eigenvalue weighted by atomic mass is 9.66. The van der Waals surface area contributed by atoms with E-state index in [-0.39, 0.29) is 17.9 Å². The van der Waals surface area contributed by atoms with Crippen LogP contribution in [-0.4, -0.2) is 17.5 Å². The van der Waals surface area contributed by atoms with Gasteiger partial charge in [0.15, 0.2) is 5.60 Å². The second-order valence-corrected chi connectivity index (χ2v) is 8.40. The van der Waals surface area contributed by atoms with Crippen LogP contribution in [0.2, 0.25) is 0 Å². The normalized spacial score (nSPS) is 28.2. The molecule has 4 rings (SSSR count). The van der Waals surface area contributed by atoms with Gasteiger partial charge in [0.25, 0.3) is 5.91 Å². The van der Waals surface area contributed by atoms with Crippen LogP contribution in [0.15, 0.2) is 60.7 Å². The molecule has 2 bridgehead atoms. The highest BCUT2D eigenvalue weighted by Crippen LogP contribution is 2.65. The van der Waals surface area contributed by atoms with E-state index >= 15 is 0 Å². The fourth-order valence-electron chi connectivity index (χ4n) is 4.64. The summed E-state index contributed by atoms with van der Waals surface area (Å²) in [6, 6.07) is 19.5. The number of hydrogen-bond acceptors (Lipinski definition) is 3. The Morgan fingerprint density at radius 1 is 0.926 bits per heavy atom. The van der Waals surface area contributed by atoms with Crippen molar-refractivity contribution in [3.05, 3.63) is 71.8 Å². The third-order valence-corrected chi connectivity index (χ3v) is 6.99. The summed E-state index contributed by atoms with van der Waals surface area (Å²) in [4.78, 5) is 26.0. The first-order valence-corrected chi connectivity index (χ1v) is 9.46. The Bertz CT molecular complexity index is 838. The Balaban J connectivity index is 1.71. The molecule has 1 saturated heterocycles. The van der Waals surface area contributed by atoms with Gasteiger partial charge < -0.3 is 10.1 Å². The van der Waals surface area contributed by atoms with E-state index in [1.54, 1.807) is 0 Å². The van der Waals surface area contributed by atoms with Gasteiger partial charge in [0.2, 0.25) is 0 Å². The third kappa shape index (κ3) is 2.35. The lowest BCUT2D eigenvalue weighted by Crippen LogP contribution is -2.54. The molecule has 1 saturated carbocycles. The van der Waals surface area contributed by atoms with Crippen LogP contribution in [-0.2, 0) is 14.3 Å². The standard InChI is InChI=1S/C23H25NO3/c1-21(2)22(3)14-15-23(21,27-20(22)26)19(25)24-18(16-10-6-4-7-11-16)17-12-8-5-9-13-17/h4-13,18H,14-15H2,1-3H3,(H,24,25)/t22-,23+/m1/s1. The van der Waals surface area contributed by atoms with Crippen LogP contribution >= 0.6 is 0 Å². The van der Waals surface area contributed by atoms with Crippen molar-refractivity contribution in [1.29, 1.82) is 0 Å². The van der Waals surface area contributed by atoms with Gasteiger partial charge in [0, 0.05) is 5.41 Å². The molecule has 1 N–H and O–H groups in total. The molecule has 140 valence electrons. The van der Waals surface area contributed by atoms with Gasteiger partial charge in [0.05, 0.1) is 11.5 Å². The van der Waals surface area contributed by atoms with Crippen LogP contribution < -0.4 is 5.32 Å². The van der Waals surface area contributed by atoms with Gasteiger partial charge in [-0.2, -0.15) is 0 Å². The Hall–Kier alpha value is -2.62. The van der Waals surface area contributed by atoms with Crippen LogP contribution in [0, 0.1) is 10.8 Å². The molecule has 1 aliphatic carbocycles. The maximum absolute atomic E-state index is 13.5. The van der Waals surface area contributed by atoms with Crippen molar-refractivity contribution < 1.29 is 14.3 Å². The molecule has 4 nitrogen and oxygen atoms in total. The minimum absolute atomic E-state index is 0.209. The Morgan fingerprint density at radius 2 is 1.44 bits per heavy atom. The highest BCUT2D eigenvalue weighted by Gasteiger charge is 2.75. The highest BCUT2D eigenvalue weighted by molar-refractivity contribution is 5.96. The van der Waals surface area contributed by atoms with Crippen LogP contribution in [0.5, 0.6) is 0 Å². The summed E-state index contributed by atoms with van der Waals surface area (Å²) in [6.07, 6.45) is 1.23. The molecule has 2 aromatic carbocycles. The molecule has 0 aromatic heterocycles. The molecule has 27 heavy (non-hydrogen) atoms. The van der Waals surface area contributed by atoms with Gasteiger partial charge in [0.1, 0.15) is 0 Å². The Labute approximate surface area is 159 Å². The summed E-state index contributed by atoms with van der Waals surface area (Å²) in [7, 11) is 0. The van der Waals surface area contributed by atoms with Crippen molar-refractivity contribution in [1.82, 2.24) is 5.32 Å². The molecule has 0 unspecified atom stereocenters. The first-order valence-electron chi connectivity index (χ1n) is 9.46. The average Bonchev–Trinajstić information content (AvgIpc) is 2.97. The zero-order valence-corrected chi connectivity index (χ0v) is 16.0. The number of amides is 1. The molecule has 0 spiro atoms. The number of esters is 1. The molecule has 2 fully saturated rings. The molecule has 1 heterocycles. The smallest absolute Gasteiger partial charge is 0.313 e. The van der Waals surface area contributed by atoms with Crippen molar-refractivity contribution in [2.75, 3.05) is 0 Å². The molecule has 1 amide bonds. The van der Waals surface area contributed by atoms with E-state index < -0.39 is 16.4 Å². The van der Waals surface area contributed by atoms with Crippen LogP contribution in [0.25, 0.3) is 0 Å². The highest BCUT2D eigenvalue weighted by atomic mass is 16.6. The second kappa shape index (κ2) is 5.95. The summed E-state index contributed by atoms with van der Waals surface area (Å²) in [5, 5.41) is 3.19. The number of rotatable bonds is 4. The van der Waals surface area contributed by atoms with E-state index in [2.05, 4.69) is 5.32 Å². The number of hydrogen-bond donors (Lipinski definition) is 1. The van der Waals surface area contributed by atoms with Crippen molar-refractivity contribution in [2.45, 2.75) is 45.3 Å². The monoisotopic (exact) mass is 363 g/mol. The minimum Gasteiger partial charge on any atom is -0.448 e. The van der Waals surface area contributed by atoms with E-state index in [0.717, 1.165) is 11.1 Å². The molecule has 2 aliphatic rings. The van der Waals surface area contributed by atoms with Gasteiger partial charge in [-0.3, -0.25) is 9.59 Å². The van der Waals surface area contributed by atoms with E-state index in [1.165, 1.54) is 0 Å². The van der Waals surface area contributed by atoms with Crippen LogP contribution in [0.3, 0.4) is 0 Å². The molecule has 4 heteroatoms. The summed E-state index contributed by atoms with van der Waals surface area (Å²) in [5.74, 6) is -0.468. The number of benzene rings is 2. The first-order chi connectivity index (χ1) is 12.8. The molecule has 1 aliphatic heterocycles. The largest absolute Gasteiger partial charge is 0.448 e. The second-order valence-electron chi connectivity index (χ2n) is 8.40. The van der Waals surface area contributed by atoms with E-state index in [4.69, 9.17) is 4.74 Å². The van der Waals surface area contributed by atoms with Crippen molar-refractivity contribution in [3.63, 3.8) is 0 Å². The number of carbonyl (C=O) groups excluding carboxylic acids is 2. The zero-order valence-electron chi connectivity index (χ0n) is 16.0. The van der Waals surface area contributed by atoms with E-state index in [0.29, 0.717) is 12.8 Å². The number of nitrogens with one attached hydrogen (secondary N) is 1. The number of carbonyl (C=O) groups is 2. The van der Waals surface area contributed by atoms with E-state index in [1.807, 2.05) is 81.4 Å². The Kier molecular flexibility index (Phi) is 3.91. The van der Waals surface area contributed by atoms with Gasteiger partial charge in [-0.25, -0.2) is 0 Å². The predicted octanol–water partition coefficient (Wildman–Crippen LogP) is 4.01. The lowest BCUT2D eigenvalue weighted by molar-refractivity contribution is -0.168. The van der Waals surface area contributed by atoms with Gasteiger partial charge >= 0.3 is 5.97 Å². The lowest BCUT2D eigenvalue weighted by Gasteiger charge is -2.36. The SMILES string of the molecule is CC1(C)[C@@]2(C(=O)NC(c3ccccc3)c3ccccc3)CC[C@]1(C)C(=O)O2. The van der Waals surface area contributed by atoms with Crippen LogP contribution in [0.1, 0.15) is 50.8 Å². The topological polar surface area (TPSA) is 55.4 Å². The summed E-state index contributed by atoms with van der Waals surface area (Å²) >= 11 is 0. The minimum atomic E-state index is -1.11. The van der Waals surface area contributed by atoms with Gasteiger partial charge in [-0.05, 0) is 30.9 Å². The molecule has 2 aromatic rings. The van der Waals surface area contributed by atoms with Gasteiger partial charge in [-0.1, -0.05) is 74.5 Å². The van der Waals surface area contributed by atoms with Crippen molar-refractivity contribution >= 4 is 11.9 Å². The maximum Gasteiger partial charge on any atom is 0.313 e. The maximum atomic E-state index is 13.5. The third-order valence-electron chi connectivity index (χ3n) is 6.99. The fraction of sp³-hybridized carbons (Fsp3) is 0.391. The van der Waals surface area contributed by atoms with Crippen LogP contribution in [0.4, 0.5) is 0 Å². The van der Waals surface area contributed by atoms with Gasteiger partial charge in [-0.15, -0.1) is 0 Å². The first kappa shape index (κ1) is 17.8. The summed E-state index contributed by atoms with van der Waals surface area (Å²) in [6.45, 7) is 5.87. The predicted molar refractivity (Wildman–Crippen MR) is 103 cm³/mol. The molecule has 2 atom stereocenters. The van der Waals surface area contributed by atoms with E-state index in [9.17, 15) is 9.59 Å². The average molecular weight is 363 g/mol. The molecular formula is C23H25NO3. The molecule has 0 radical (unpaired) electrons. The molecular weight excluding hydrogens is 338 g/mol. The Morgan fingerprint density at radius 3 is 1.85 bits per heavy atom. The number of fused-ring (bicyclic) bond motifs is 2. The summed E-state index contributed by atoms with van der Waals surface area (Å²) < 4.78 is 5.75. The number of ether oxygens (including phenoxy) is 1. The van der Waals surface area contributed by atoms with Crippen molar-refractivity contribution in [2.24, 2.45) is 10.8 Å². The van der Waals surface area contributed by atoms with Crippen molar-refractivity contribution in [3.8, 4) is 0 Å². The quantitative estimate of drug-likeness (QED) is 0.835. The summed E-state index contributed by atoms with van der Waals surface area (Å²) in [5.41, 5.74) is -0.285. The fourth-order valence-corrected chi connectivity index (χ4v) is 4.64. The zero-order chi connectivity index (χ0) is 19.3.